The van der Waals surface area contributed by atoms with Crippen LogP contribution < -0.4 is 4.90 Å². The normalized spacial score (nSPS) is 18.3. The summed E-state index contributed by atoms with van der Waals surface area (Å²) < 4.78 is 0. The number of hydrogen-bond acceptors (Lipinski definition) is 4. The van der Waals surface area contributed by atoms with Crippen LogP contribution in [0.4, 0.5) is 5.82 Å². The van der Waals surface area contributed by atoms with Crippen molar-refractivity contribution in [2.45, 2.75) is 25.8 Å². The number of nitrogens with one attached hydrogen (secondary N) is 1. The second kappa shape index (κ2) is 7.46. The van der Waals surface area contributed by atoms with Crippen molar-refractivity contribution in [1.29, 1.82) is 0 Å². The second-order valence-corrected chi connectivity index (χ2v) is 7.53. The molecule has 4 rings (SSSR count). The number of pyridine rings is 1. The van der Waals surface area contributed by atoms with Gasteiger partial charge in [0.2, 0.25) is 0 Å². The van der Waals surface area contributed by atoms with Crippen molar-refractivity contribution in [3.8, 4) is 0 Å². The maximum Gasteiger partial charge on any atom is 0.132 e. The molecule has 0 radical (unpaired) electrons. The summed E-state index contributed by atoms with van der Waals surface area (Å²) in [5.74, 6) is 2.85. The highest BCUT2D eigenvalue weighted by Gasteiger charge is 2.22. The first-order chi connectivity index (χ1) is 12.7. The van der Waals surface area contributed by atoms with Crippen molar-refractivity contribution < 1.29 is 0 Å². The predicted molar refractivity (Wildman–Crippen MR) is 106 cm³/mol. The third-order valence-electron chi connectivity index (χ3n) is 5.21. The van der Waals surface area contributed by atoms with Gasteiger partial charge >= 0.3 is 0 Å². The number of aromatic nitrogens is 3. The van der Waals surface area contributed by atoms with Gasteiger partial charge in [0.15, 0.2) is 0 Å². The Labute approximate surface area is 155 Å². The zero-order valence-electron chi connectivity index (χ0n) is 15.7. The summed E-state index contributed by atoms with van der Waals surface area (Å²) in [6, 6.07) is 12.5. The second-order valence-electron chi connectivity index (χ2n) is 7.53. The van der Waals surface area contributed by atoms with Gasteiger partial charge in [-0.3, -0.25) is 4.90 Å². The minimum atomic E-state index is 0.656. The molecule has 0 aliphatic carbocycles. The predicted octanol–water partition coefficient (Wildman–Crippen LogP) is 3.48. The van der Waals surface area contributed by atoms with Crippen molar-refractivity contribution in [2.24, 2.45) is 5.92 Å². The van der Waals surface area contributed by atoms with E-state index in [-0.39, 0.29) is 0 Å². The molecule has 0 amide bonds. The standard InChI is InChI=1S/C21H27N5/c1-25(2)21-17(8-5-11-22-21)15-26-12-6-7-16(14-26)13-20-23-18-9-3-4-10-19(18)24-20/h3-5,8-11,16H,6-7,12-15H2,1-2H3,(H,23,24)/t16-/m0/s1. The zero-order valence-corrected chi connectivity index (χ0v) is 15.7. The molecule has 0 unspecified atom stereocenters. The molecular weight excluding hydrogens is 322 g/mol. The first-order valence-electron chi connectivity index (χ1n) is 9.46. The number of aromatic amines is 1. The van der Waals surface area contributed by atoms with E-state index in [9.17, 15) is 0 Å². The Morgan fingerprint density at radius 3 is 2.92 bits per heavy atom. The molecule has 1 aliphatic heterocycles. The fraction of sp³-hybridized carbons (Fsp3) is 0.429. The van der Waals surface area contributed by atoms with E-state index in [4.69, 9.17) is 4.98 Å². The van der Waals surface area contributed by atoms with E-state index >= 15 is 0 Å². The molecule has 26 heavy (non-hydrogen) atoms. The zero-order chi connectivity index (χ0) is 17.9. The largest absolute Gasteiger partial charge is 0.362 e. The number of rotatable bonds is 5. The molecule has 0 saturated carbocycles. The van der Waals surface area contributed by atoms with Crippen molar-refractivity contribution >= 4 is 16.9 Å². The van der Waals surface area contributed by atoms with Gasteiger partial charge in [-0.25, -0.2) is 9.97 Å². The molecule has 1 atom stereocenters. The molecule has 5 heteroatoms. The average Bonchev–Trinajstić information content (AvgIpc) is 3.04. The Balaban J connectivity index is 1.43. The summed E-state index contributed by atoms with van der Waals surface area (Å²) in [6.45, 7) is 3.26. The van der Waals surface area contributed by atoms with Crippen molar-refractivity contribution in [3.63, 3.8) is 0 Å². The number of benzene rings is 1. The Morgan fingerprint density at radius 1 is 1.19 bits per heavy atom. The Kier molecular flexibility index (Phi) is 4.89. The lowest BCUT2D eigenvalue weighted by molar-refractivity contribution is 0.166. The van der Waals surface area contributed by atoms with E-state index in [1.165, 1.54) is 24.9 Å². The highest BCUT2D eigenvalue weighted by Crippen LogP contribution is 2.24. The number of nitrogens with zero attached hydrogens (tertiary/aromatic N) is 4. The summed E-state index contributed by atoms with van der Waals surface area (Å²) in [4.78, 5) is 17.5. The first kappa shape index (κ1) is 17.0. The lowest BCUT2D eigenvalue weighted by Crippen LogP contribution is -2.36. The Hall–Kier alpha value is -2.40. The molecule has 1 aromatic carbocycles. The number of piperidine rings is 1. The summed E-state index contributed by atoms with van der Waals surface area (Å²) >= 11 is 0. The van der Waals surface area contributed by atoms with Crippen LogP contribution in [0.1, 0.15) is 24.2 Å². The number of fused-ring (bicyclic) bond motifs is 1. The van der Waals surface area contributed by atoms with Gasteiger partial charge < -0.3 is 9.88 Å². The van der Waals surface area contributed by atoms with Crippen molar-refractivity contribution in [2.75, 3.05) is 32.1 Å². The Morgan fingerprint density at radius 2 is 2.08 bits per heavy atom. The molecule has 136 valence electrons. The number of H-pyrrole nitrogens is 1. The van der Waals surface area contributed by atoms with Gasteiger partial charge in [0.1, 0.15) is 11.6 Å². The minimum Gasteiger partial charge on any atom is -0.362 e. The fourth-order valence-electron chi connectivity index (χ4n) is 4.03. The molecule has 5 nitrogen and oxygen atoms in total. The SMILES string of the molecule is CN(C)c1ncccc1CN1CCC[C@@H](Cc2nc3ccccc3[nH]2)C1. The molecule has 1 N–H and O–H groups in total. The van der Waals surface area contributed by atoms with Crippen molar-refractivity contribution in [1.82, 2.24) is 19.9 Å². The van der Waals surface area contributed by atoms with E-state index in [2.05, 4.69) is 58.1 Å². The van der Waals surface area contributed by atoms with Crippen LogP contribution in [-0.2, 0) is 13.0 Å². The van der Waals surface area contributed by atoms with E-state index in [1.54, 1.807) is 0 Å². The van der Waals surface area contributed by atoms with Crippen LogP contribution in [0.2, 0.25) is 0 Å². The van der Waals surface area contributed by atoms with Crippen LogP contribution in [-0.4, -0.2) is 47.0 Å². The lowest BCUT2D eigenvalue weighted by Gasteiger charge is -2.33. The molecule has 1 fully saturated rings. The number of para-hydroxylation sites is 2. The maximum atomic E-state index is 4.76. The van der Waals surface area contributed by atoms with Gasteiger partial charge in [-0.05, 0) is 43.5 Å². The number of anilines is 1. The van der Waals surface area contributed by atoms with E-state index in [1.807, 2.05) is 18.3 Å². The van der Waals surface area contributed by atoms with Gasteiger partial charge in [-0.15, -0.1) is 0 Å². The average molecular weight is 349 g/mol. The van der Waals surface area contributed by atoms with Crippen LogP contribution in [0.5, 0.6) is 0 Å². The van der Waals surface area contributed by atoms with E-state index in [0.29, 0.717) is 5.92 Å². The molecule has 0 bridgehead atoms. The highest BCUT2D eigenvalue weighted by atomic mass is 15.2. The summed E-state index contributed by atoms with van der Waals surface area (Å²) in [6.07, 6.45) is 5.43. The summed E-state index contributed by atoms with van der Waals surface area (Å²) in [7, 11) is 4.12. The number of likely N-dealkylation sites (tertiary alicyclic amines) is 1. The molecule has 3 heterocycles. The topological polar surface area (TPSA) is 48.1 Å². The smallest absolute Gasteiger partial charge is 0.132 e. The Bertz CT molecular complexity index is 836. The van der Waals surface area contributed by atoms with Gasteiger partial charge in [0, 0.05) is 45.4 Å². The molecule has 0 spiro atoms. The van der Waals surface area contributed by atoms with Gasteiger partial charge in [0.05, 0.1) is 11.0 Å². The molecule has 1 aliphatic rings. The van der Waals surface area contributed by atoms with Crippen LogP contribution in [0, 0.1) is 5.92 Å². The summed E-state index contributed by atoms with van der Waals surface area (Å²) in [5.41, 5.74) is 3.52. The fourth-order valence-corrected chi connectivity index (χ4v) is 4.03. The monoisotopic (exact) mass is 349 g/mol. The van der Waals surface area contributed by atoms with Gasteiger partial charge in [0.25, 0.3) is 0 Å². The van der Waals surface area contributed by atoms with Crippen molar-refractivity contribution in [3.05, 3.63) is 54.0 Å². The number of hydrogen-bond donors (Lipinski definition) is 1. The van der Waals surface area contributed by atoms with Crippen LogP contribution in [0.15, 0.2) is 42.6 Å². The highest BCUT2D eigenvalue weighted by molar-refractivity contribution is 5.74. The molecule has 3 aromatic rings. The third-order valence-corrected chi connectivity index (χ3v) is 5.21. The molecule has 2 aromatic heterocycles. The first-order valence-corrected chi connectivity index (χ1v) is 9.46. The molecular formula is C21H27N5. The summed E-state index contributed by atoms with van der Waals surface area (Å²) in [5, 5.41) is 0. The van der Waals surface area contributed by atoms with E-state index in [0.717, 1.165) is 42.2 Å². The lowest BCUT2D eigenvalue weighted by atomic mass is 9.94. The maximum absolute atomic E-state index is 4.76. The van der Waals surface area contributed by atoms with Gasteiger partial charge in [-0.2, -0.15) is 0 Å². The van der Waals surface area contributed by atoms with Crippen LogP contribution in [0.25, 0.3) is 11.0 Å². The minimum absolute atomic E-state index is 0.656. The number of imidazole rings is 1. The quantitative estimate of drug-likeness (QED) is 0.766. The van der Waals surface area contributed by atoms with Crippen LogP contribution in [0.3, 0.4) is 0 Å². The third kappa shape index (κ3) is 3.73. The van der Waals surface area contributed by atoms with Gasteiger partial charge in [-0.1, -0.05) is 18.2 Å². The van der Waals surface area contributed by atoms with Crippen LogP contribution >= 0.6 is 0 Å². The molecule has 1 saturated heterocycles. The van der Waals surface area contributed by atoms with E-state index < -0.39 is 0 Å².